The van der Waals surface area contributed by atoms with Crippen LogP contribution in [-0.2, 0) is 6.42 Å². The fourth-order valence-corrected chi connectivity index (χ4v) is 2.26. The van der Waals surface area contributed by atoms with Gasteiger partial charge in [0.25, 0.3) is 0 Å². The maximum absolute atomic E-state index is 5.20. The van der Waals surface area contributed by atoms with Gasteiger partial charge >= 0.3 is 0 Å². The minimum atomic E-state index is 0. The van der Waals surface area contributed by atoms with Crippen LogP contribution in [-0.4, -0.2) is 13.7 Å². The Bertz CT molecular complexity index is 330. The molecule has 2 nitrogen and oxygen atoms in total. The van der Waals surface area contributed by atoms with Gasteiger partial charge < -0.3 is 10.1 Å². The van der Waals surface area contributed by atoms with Crippen molar-refractivity contribution in [3.63, 3.8) is 0 Å². The number of hydrogen-bond acceptors (Lipinski definition) is 2. The lowest BCUT2D eigenvalue weighted by molar-refractivity contribution is 0.414. The van der Waals surface area contributed by atoms with Crippen molar-refractivity contribution < 1.29 is 4.74 Å². The van der Waals surface area contributed by atoms with E-state index in [1.165, 1.54) is 17.7 Å². The molecule has 0 bridgehead atoms. The van der Waals surface area contributed by atoms with E-state index in [1.807, 2.05) is 6.07 Å². The SMILES string of the molecule is COc1cc(Br)c2c(c1)CCCN2.Cl. The van der Waals surface area contributed by atoms with Crippen LogP contribution in [0.5, 0.6) is 5.75 Å². The molecule has 78 valence electrons. The highest BCUT2D eigenvalue weighted by molar-refractivity contribution is 9.10. The van der Waals surface area contributed by atoms with Crippen molar-refractivity contribution >= 4 is 34.0 Å². The first-order valence-corrected chi connectivity index (χ1v) is 5.21. The summed E-state index contributed by atoms with van der Waals surface area (Å²) in [5.74, 6) is 0.925. The van der Waals surface area contributed by atoms with Crippen LogP contribution in [0.15, 0.2) is 16.6 Å². The zero-order chi connectivity index (χ0) is 9.26. The molecule has 0 aromatic heterocycles. The minimum Gasteiger partial charge on any atom is -0.497 e. The third-order valence-corrected chi connectivity index (χ3v) is 2.93. The van der Waals surface area contributed by atoms with E-state index in [1.54, 1.807) is 7.11 Å². The van der Waals surface area contributed by atoms with Crippen molar-refractivity contribution in [3.05, 3.63) is 22.2 Å². The molecule has 0 aliphatic carbocycles. The molecule has 0 atom stereocenters. The molecular formula is C10H13BrClNO. The van der Waals surface area contributed by atoms with Crippen LogP contribution in [0.25, 0.3) is 0 Å². The van der Waals surface area contributed by atoms with Crippen LogP contribution < -0.4 is 10.1 Å². The molecule has 0 saturated heterocycles. The molecule has 1 aromatic rings. The summed E-state index contributed by atoms with van der Waals surface area (Å²) in [4.78, 5) is 0. The lowest BCUT2D eigenvalue weighted by Crippen LogP contribution is -2.12. The second kappa shape index (κ2) is 4.89. The molecule has 14 heavy (non-hydrogen) atoms. The number of ether oxygens (including phenoxy) is 1. The van der Waals surface area contributed by atoms with Crippen molar-refractivity contribution in [3.8, 4) is 5.75 Å². The number of fused-ring (bicyclic) bond motifs is 1. The van der Waals surface area contributed by atoms with Crippen LogP contribution in [0.2, 0.25) is 0 Å². The summed E-state index contributed by atoms with van der Waals surface area (Å²) in [6.45, 7) is 1.07. The van der Waals surface area contributed by atoms with Crippen molar-refractivity contribution in [1.82, 2.24) is 0 Å². The summed E-state index contributed by atoms with van der Waals surface area (Å²) >= 11 is 3.53. The van der Waals surface area contributed by atoms with E-state index in [-0.39, 0.29) is 12.4 Å². The van der Waals surface area contributed by atoms with Crippen molar-refractivity contribution in [2.75, 3.05) is 19.0 Å². The normalized spacial score (nSPS) is 13.6. The molecule has 0 fully saturated rings. The smallest absolute Gasteiger partial charge is 0.120 e. The van der Waals surface area contributed by atoms with Gasteiger partial charge in [0, 0.05) is 11.0 Å². The van der Waals surface area contributed by atoms with Gasteiger partial charge in [0.05, 0.1) is 12.8 Å². The second-order valence-electron chi connectivity index (χ2n) is 3.17. The number of halogens is 2. The van der Waals surface area contributed by atoms with Crippen LogP contribution in [0, 0.1) is 0 Å². The highest BCUT2D eigenvalue weighted by Crippen LogP contribution is 2.34. The Morgan fingerprint density at radius 3 is 2.93 bits per heavy atom. The Kier molecular flexibility index (Phi) is 4.08. The molecule has 1 N–H and O–H groups in total. The van der Waals surface area contributed by atoms with Crippen LogP contribution in [0.1, 0.15) is 12.0 Å². The Morgan fingerprint density at radius 2 is 2.21 bits per heavy atom. The van der Waals surface area contributed by atoms with E-state index < -0.39 is 0 Å². The summed E-state index contributed by atoms with van der Waals surface area (Å²) in [5.41, 5.74) is 2.57. The van der Waals surface area contributed by atoms with Gasteiger partial charge in [0.2, 0.25) is 0 Å². The first-order chi connectivity index (χ1) is 6.31. The number of hydrogen-bond donors (Lipinski definition) is 1. The Morgan fingerprint density at radius 1 is 1.43 bits per heavy atom. The molecule has 4 heteroatoms. The van der Waals surface area contributed by atoms with Crippen LogP contribution in [0.3, 0.4) is 0 Å². The van der Waals surface area contributed by atoms with Gasteiger partial charge in [-0.05, 0) is 46.5 Å². The predicted octanol–water partition coefficient (Wildman–Crippen LogP) is 3.24. The van der Waals surface area contributed by atoms with Gasteiger partial charge in [-0.3, -0.25) is 0 Å². The molecule has 1 heterocycles. The topological polar surface area (TPSA) is 21.3 Å². The Labute approximate surface area is 98.6 Å². The third kappa shape index (κ3) is 2.15. The lowest BCUT2D eigenvalue weighted by Gasteiger charge is -2.20. The quantitative estimate of drug-likeness (QED) is 0.851. The maximum Gasteiger partial charge on any atom is 0.120 e. The molecule has 0 amide bonds. The monoisotopic (exact) mass is 277 g/mol. The van der Waals surface area contributed by atoms with E-state index in [0.29, 0.717) is 0 Å². The molecule has 1 aliphatic heterocycles. The van der Waals surface area contributed by atoms with E-state index >= 15 is 0 Å². The number of aryl methyl sites for hydroxylation is 1. The van der Waals surface area contributed by atoms with Crippen LogP contribution >= 0.6 is 28.3 Å². The van der Waals surface area contributed by atoms with Crippen molar-refractivity contribution in [2.45, 2.75) is 12.8 Å². The standard InChI is InChI=1S/C10H12BrNO.ClH/c1-13-8-5-7-3-2-4-12-10(7)9(11)6-8;/h5-6,12H,2-4H2,1H3;1H. The van der Waals surface area contributed by atoms with Gasteiger partial charge in [-0.25, -0.2) is 0 Å². The van der Waals surface area contributed by atoms with Gasteiger partial charge in [-0.1, -0.05) is 0 Å². The van der Waals surface area contributed by atoms with Gasteiger partial charge in [0.15, 0.2) is 0 Å². The molecular weight excluding hydrogens is 265 g/mol. The number of anilines is 1. The average molecular weight is 279 g/mol. The summed E-state index contributed by atoms with van der Waals surface area (Å²) < 4.78 is 6.30. The largest absolute Gasteiger partial charge is 0.497 e. The lowest BCUT2D eigenvalue weighted by atomic mass is 10.0. The molecule has 1 aromatic carbocycles. The molecule has 0 spiro atoms. The van der Waals surface area contributed by atoms with Crippen molar-refractivity contribution in [1.29, 1.82) is 0 Å². The first kappa shape index (κ1) is 11.7. The minimum absolute atomic E-state index is 0. The fourth-order valence-electron chi connectivity index (χ4n) is 1.64. The molecule has 2 rings (SSSR count). The fraction of sp³-hybridized carbons (Fsp3) is 0.400. The Balaban J connectivity index is 0.000000980. The summed E-state index contributed by atoms with van der Waals surface area (Å²) in [6, 6.07) is 4.10. The third-order valence-electron chi connectivity index (χ3n) is 2.31. The van der Waals surface area contributed by atoms with E-state index in [2.05, 4.69) is 27.3 Å². The maximum atomic E-state index is 5.20. The summed E-state index contributed by atoms with van der Waals surface area (Å²) in [6.07, 6.45) is 2.34. The van der Waals surface area contributed by atoms with E-state index in [9.17, 15) is 0 Å². The zero-order valence-corrected chi connectivity index (χ0v) is 10.4. The first-order valence-electron chi connectivity index (χ1n) is 4.41. The van der Waals surface area contributed by atoms with Gasteiger partial charge in [-0.2, -0.15) is 0 Å². The van der Waals surface area contributed by atoms with Crippen molar-refractivity contribution in [2.24, 2.45) is 0 Å². The van der Waals surface area contributed by atoms with Crippen LogP contribution in [0.4, 0.5) is 5.69 Å². The zero-order valence-electron chi connectivity index (χ0n) is 7.97. The summed E-state index contributed by atoms with van der Waals surface area (Å²) in [7, 11) is 1.70. The average Bonchev–Trinajstić information content (AvgIpc) is 2.18. The molecule has 0 radical (unpaired) electrons. The molecule has 1 aliphatic rings. The number of benzene rings is 1. The summed E-state index contributed by atoms with van der Waals surface area (Å²) in [5, 5.41) is 3.38. The number of rotatable bonds is 1. The molecule has 0 unspecified atom stereocenters. The predicted molar refractivity (Wildman–Crippen MR) is 64.8 cm³/mol. The Hall–Kier alpha value is -0.410. The second-order valence-corrected chi connectivity index (χ2v) is 4.03. The number of methoxy groups -OCH3 is 1. The van der Waals surface area contributed by atoms with Gasteiger partial charge in [0.1, 0.15) is 5.75 Å². The van der Waals surface area contributed by atoms with E-state index in [4.69, 9.17) is 4.74 Å². The van der Waals surface area contributed by atoms with E-state index in [0.717, 1.165) is 23.2 Å². The highest BCUT2D eigenvalue weighted by Gasteiger charge is 2.12. The highest BCUT2D eigenvalue weighted by atomic mass is 79.9. The molecule has 0 saturated carbocycles. The van der Waals surface area contributed by atoms with Gasteiger partial charge in [-0.15, -0.1) is 12.4 Å². The number of nitrogens with one attached hydrogen (secondary N) is 1.